The number of imidazole rings is 2. The summed E-state index contributed by atoms with van der Waals surface area (Å²) in [5.74, 6) is -2.39. The maximum absolute atomic E-state index is 15.0. The molecule has 0 saturated heterocycles. The van der Waals surface area contributed by atoms with E-state index in [4.69, 9.17) is 0 Å². The summed E-state index contributed by atoms with van der Waals surface area (Å²) in [5, 5.41) is 11.0. The van der Waals surface area contributed by atoms with Crippen molar-refractivity contribution in [2.24, 2.45) is 0 Å². The molecule has 0 aliphatic carbocycles. The van der Waals surface area contributed by atoms with Crippen LogP contribution in [0.4, 0.5) is 4.39 Å². The van der Waals surface area contributed by atoms with Crippen molar-refractivity contribution >= 4 is 39.0 Å². The van der Waals surface area contributed by atoms with Gasteiger partial charge in [0.1, 0.15) is 5.82 Å². The Morgan fingerprint density at radius 3 is 2.70 bits per heavy atom. The zero-order valence-corrected chi connectivity index (χ0v) is 20.7. The van der Waals surface area contributed by atoms with Crippen LogP contribution in [0.2, 0.25) is 0 Å². The van der Waals surface area contributed by atoms with Gasteiger partial charge in [0.05, 0.1) is 33.9 Å². The van der Waals surface area contributed by atoms with Crippen molar-refractivity contribution in [1.29, 1.82) is 0 Å². The summed E-state index contributed by atoms with van der Waals surface area (Å²) >= 11 is 1.19. The summed E-state index contributed by atoms with van der Waals surface area (Å²) in [4.78, 5) is 38.2. The van der Waals surface area contributed by atoms with E-state index in [1.807, 2.05) is 39.4 Å². The number of aliphatic hydroxyl groups excluding tert-OH is 1. The van der Waals surface area contributed by atoms with Crippen molar-refractivity contribution < 1.29 is 19.1 Å². The van der Waals surface area contributed by atoms with E-state index >= 15 is 4.39 Å². The lowest BCUT2D eigenvalue weighted by atomic mass is 9.94. The number of aliphatic hydroxyl groups is 1. The van der Waals surface area contributed by atoms with Gasteiger partial charge in [0, 0.05) is 36.7 Å². The minimum atomic E-state index is -1.05. The Hall–Kier alpha value is -4.31. The Morgan fingerprint density at radius 2 is 1.92 bits per heavy atom. The molecule has 0 radical (unpaired) electrons. The number of benzene rings is 2. The molecule has 1 aliphatic rings. The van der Waals surface area contributed by atoms with Gasteiger partial charge in [-0.05, 0) is 31.5 Å². The minimum Gasteiger partial charge on any atom is -0.503 e. The molecular weight excluding hydrogens is 493 g/mol. The van der Waals surface area contributed by atoms with Gasteiger partial charge in [-0.1, -0.05) is 41.7 Å². The minimum absolute atomic E-state index is 0.116. The number of aromatic nitrogens is 4. The first-order valence-corrected chi connectivity index (χ1v) is 12.6. The van der Waals surface area contributed by atoms with Gasteiger partial charge >= 0.3 is 0 Å². The number of Topliss-reactive ketones (excluding diaryl/α,β-unsaturated/α-hetero) is 1. The maximum Gasteiger partial charge on any atom is 0.290 e. The van der Waals surface area contributed by atoms with E-state index in [1.165, 1.54) is 22.3 Å². The number of hydrogen-bond acceptors (Lipinski definition) is 6. The summed E-state index contributed by atoms with van der Waals surface area (Å²) in [6, 6.07) is 12.6. The second-order valence-electron chi connectivity index (χ2n) is 8.90. The second-order valence-corrected chi connectivity index (χ2v) is 9.88. The summed E-state index contributed by atoms with van der Waals surface area (Å²) in [6.45, 7) is 2.60. The van der Waals surface area contributed by atoms with Crippen LogP contribution in [0.5, 0.6) is 0 Å². The molecule has 5 aromatic rings. The SMILES string of the molecule is Cc1c(C(=O)C2=C(O)C(=O)N(CCCn3ccnc3)C2c2ccccc2F)sc2nc3ccccc3n12. The topological polar surface area (TPSA) is 92.7 Å². The zero-order valence-electron chi connectivity index (χ0n) is 19.8. The van der Waals surface area contributed by atoms with Gasteiger partial charge in [-0.15, -0.1) is 0 Å². The number of fused-ring (bicyclic) bond motifs is 3. The molecule has 1 aliphatic heterocycles. The maximum atomic E-state index is 15.0. The Kier molecular flexibility index (Phi) is 5.60. The van der Waals surface area contributed by atoms with Crippen molar-refractivity contribution in [1.82, 2.24) is 23.8 Å². The molecule has 1 amide bonds. The molecule has 2 aromatic carbocycles. The monoisotopic (exact) mass is 515 g/mol. The first kappa shape index (κ1) is 23.1. The highest BCUT2D eigenvalue weighted by molar-refractivity contribution is 7.19. The molecule has 186 valence electrons. The van der Waals surface area contributed by atoms with Crippen molar-refractivity contribution in [3.05, 3.63) is 101 Å². The largest absolute Gasteiger partial charge is 0.503 e. The lowest BCUT2D eigenvalue weighted by Crippen LogP contribution is -2.33. The smallest absolute Gasteiger partial charge is 0.290 e. The quantitative estimate of drug-likeness (QED) is 0.313. The third-order valence-electron chi connectivity index (χ3n) is 6.72. The third kappa shape index (κ3) is 3.72. The van der Waals surface area contributed by atoms with E-state index in [9.17, 15) is 14.7 Å². The molecule has 3 aromatic heterocycles. The van der Waals surface area contributed by atoms with Crippen LogP contribution in [0.25, 0.3) is 16.0 Å². The van der Waals surface area contributed by atoms with Crippen LogP contribution in [0.15, 0.2) is 78.6 Å². The van der Waals surface area contributed by atoms with Crippen LogP contribution in [0.3, 0.4) is 0 Å². The van der Waals surface area contributed by atoms with Crippen LogP contribution in [0, 0.1) is 12.7 Å². The van der Waals surface area contributed by atoms with Gasteiger partial charge in [0.2, 0.25) is 5.78 Å². The second kappa shape index (κ2) is 8.97. The average molecular weight is 516 g/mol. The molecule has 8 nitrogen and oxygen atoms in total. The Balaban J connectivity index is 1.41. The molecule has 1 atom stereocenters. The molecular formula is C27H22FN5O3S. The van der Waals surface area contributed by atoms with Gasteiger partial charge < -0.3 is 14.6 Å². The van der Waals surface area contributed by atoms with Crippen molar-refractivity contribution in [3.8, 4) is 0 Å². The Morgan fingerprint density at radius 1 is 1.14 bits per heavy atom. The van der Waals surface area contributed by atoms with E-state index in [-0.39, 0.29) is 17.7 Å². The molecule has 4 heterocycles. The highest BCUT2D eigenvalue weighted by Gasteiger charge is 2.45. The van der Waals surface area contributed by atoms with Crippen LogP contribution in [-0.2, 0) is 11.3 Å². The van der Waals surface area contributed by atoms with Gasteiger partial charge in [0.25, 0.3) is 5.91 Å². The third-order valence-corrected chi connectivity index (χ3v) is 7.86. The van der Waals surface area contributed by atoms with Crippen molar-refractivity contribution in [2.45, 2.75) is 25.9 Å². The van der Waals surface area contributed by atoms with E-state index in [0.717, 1.165) is 11.0 Å². The van der Waals surface area contributed by atoms with E-state index < -0.39 is 29.3 Å². The first-order chi connectivity index (χ1) is 18.0. The van der Waals surface area contributed by atoms with Gasteiger partial charge in [-0.2, -0.15) is 0 Å². The van der Waals surface area contributed by atoms with Crippen molar-refractivity contribution in [3.63, 3.8) is 0 Å². The van der Waals surface area contributed by atoms with Crippen LogP contribution < -0.4 is 0 Å². The number of carbonyl (C=O) groups excluding carboxylic acids is 2. The number of ketones is 1. The fraction of sp³-hybridized carbons (Fsp3) is 0.185. The number of aryl methyl sites for hydroxylation is 2. The van der Waals surface area contributed by atoms with Gasteiger partial charge in [-0.3, -0.25) is 14.0 Å². The molecule has 1 unspecified atom stereocenters. The van der Waals surface area contributed by atoms with E-state index in [0.29, 0.717) is 28.5 Å². The van der Waals surface area contributed by atoms with Gasteiger partial charge in [0.15, 0.2) is 10.7 Å². The number of thiazole rings is 1. The summed E-state index contributed by atoms with van der Waals surface area (Å²) in [5.41, 5.74) is 2.36. The highest BCUT2D eigenvalue weighted by atomic mass is 32.1. The predicted molar refractivity (Wildman–Crippen MR) is 137 cm³/mol. The van der Waals surface area contributed by atoms with Gasteiger partial charge in [-0.25, -0.2) is 14.4 Å². The molecule has 0 saturated carbocycles. The van der Waals surface area contributed by atoms with E-state index in [1.54, 1.807) is 37.6 Å². The zero-order chi connectivity index (χ0) is 25.7. The molecule has 0 spiro atoms. The fourth-order valence-electron chi connectivity index (χ4n) is 4.98. The number of amides is 1. The number of nitrogens with zero attached hydrogens (tertiary/aromatic N) is 5. The molecule has 0 fully saturated rings. The molecule has 10 heteroatoms. The van der Waals surface area contributed by atoms with Crippen LogP contribution >= 0.6 is 11.3 Å². The Bertz CT molecular complexity index is 1700. The molecule has 37 heavy (non-hydrogen) atoms. The fourth-order valence-corrected chi connectivity index (χ4v) is 6.07. The highest BCUT2D eigenvalue weighted by Crippen LogP contribution is 2.41. The first-order valence-electron chi connectivity index (χ1n) is 11.8. The number of carbonyl (C=O) groups is 2. The standard InChI is InChI=1S/C27H22FN5O3S/c1-16-25(37-27-30-19-9-4-5-10-20(19)33(16)27)23(34)21-22(17-7-2-3-8-18(17)28)32(26(36)24(21)35)13-6-12-31-14-11-29-15-31/h2-5,7-11,14-15,22,35H,6,12-13H2,1H3. The van der Waals surface area contributed by atoms with Crippen LogP contribution in [-0.4, -0.2) is 47.2 Å². The number of rotatable bonds is 7. The lowest BCUT2D eigenvalue weighted by Gasteiger charge is -2.27. The predicted octanol–water partition coefficient (Wildman–Crippen LogP) is 4.86. The normalized spacial score (nSPS) is 16.0. The Labute approximate surface area is 214 Å². The number of halogens is 1. The van der Waals surface area contributed by atoms with Crippen LogP contribution in [0.1, 0.15) is 33.4 Å². The lowest BCUT2D eigenvalue weighted by molar-refractivity contribution is -0.129. The van der Waals surface area contributed by atoms with Crippen molar-refractivity contribution in [2.75, 3.05) is 6.54 Å². The van der Waals surface area contributed by atoms with E-state index in [2.05, 4.69) is 9.97 Å². The number of para-hydroxylation sites is 2. The summed E-state index contributed by atoms with van der Waals surface area (Å²) in [6.07, 6.45) is 5.67. The average Bonchev–Trinajstić information content (AvgIpc) is 3.66. The number of hydrogen-bond donors (Lipinski definition) is 1. The molecule has 1 N–H and O–H groups in total. The molecule has 6 rings (SSSR count). The molecule has 0 bridgehead atoms. The summed E-state index contributed by atoms with van der Waals surface area (Å²) < 4.78 is 18.8. The summed E-state index contributed by atoms with van der Waals surface area (Å²) in [7, 11) is 0.